The number of hydrogen-bond acceptors (Lipinski definition) is 2. The fraction of sp³-hybridized carbons (Fsp3) is 0.938. The second-order valence-corrected chi connectivity index (χ2v) is 13.5. The molecular formula is C16H32O2Si. The van der Waals surface area contributed by atoms with E-state index in [1.807, 2.05) is 0 Å². The first-order valence-corrected chi connectivity index (χ1v) is 10.4. The molecule has 1 saturated carbocycles. The van der Waals surface area contributed by atoms with Crippen LogP contribution < -0.4 is 0 Å². The minimum Gasteiger partial charge on any atom is -0.411 e. The second kappa shape index (κ2) is 4.99. The highest BCUT2D eigenvalue weighted by atomic mass is 28.4. The van der Waals surface area contributed by atoms with Gasteiger partial charge in [0.25, 0.3) is 0 Å². The molecule has 0 aromatic carbocycles. The highest BCUT2D eigenvalue weighted by molar-refractivity contribution is 6.74. The third kappa shape index (κ3) is 3.49. The Kier molecular flexibility index (Phi) is 4.44. The van der Waals surface area contributed by atoms with Crippen molar-refractivity contribution < 1.29 is 9.22 Å². The Hall–Kier alpha value is -0.153. The van der Waals surface area contributed by atoms with Crippen molar-refractivity contribution in [3.05, 3.63) is 0 Å². The third-order valence-electron chi connectivity index (χ3n) is 5.23. The zero-order valence-corrected chi connectivity index (χ0v) is 15.1. The molecule has 0 radical (unpaired) electrons. The van der Waals surface area contributed by atoms with Gasteiger partial charge in [-0.3, -0.25) is 0 Å². The predicted octanol–water partition coefficient (Wildman–Crippen LogP) is 4.79. The quantitative estimate of drug-likeness (QED) is 0.548. The highest BCUT2D eigenvalue weighted by Gasteiger charge is 2.53. The van der Waals surface area contributed by atoms with Crippen LogP contribution in [0.4, 0.5) is 0 Å². The zero-order chi connectivity index (χ0) is 15.1. The smallest absolute Gasteiger partial charge is 0.192 e. The number of rotatable bonds is 4. The first-order valence-electron chi connectivity index (χ1n) is 7.49. The highest BCUT2D eigenvalue weighted by Crippen LogP contribution is 2.53. The van der Waals surface area contributed by atoms with E-state index in [4.69, 9.17) is 4.43 Å². The molecule has 1 aliphatic rings. The first-order chi connectivity index (χ1) is 8.35. The Morgan fingerprint density at radius 2 is 1.84 bits per heavy atom. The van der Waals surface area contributed by atoms with E-state index in [1.54, 1.807) is 0 Å². The summed E-state index contributed by atoms with van der Waals surface area (Å²) in [5.74, 6) is 0.460. The van der Waals surface area contributed by atoms with Crippen LogP contribution in [-0.2, 0) is 9.22 Å². The summed E-state index contributed by atoms with van der Waals surface area (Å²) >= 11 is 0. The number of hydrogen-bond donors (Lipinski definition) is 0. The van der Waals surface area contributed by atoms with Gasteiger partial charge in [-0.05, 0) is 42.3 Å². The monoisotopic (exact) mass is 284 g/mol. The molecule has 0 aromatic heterocycles. The molecule has 0 unspecified atom stereocenters. The molecule has 3 heteroatoms. The lowest BCUT2D eigenvalue weighted by molar-refractivity contribution is -0.113. The van der Waals surface area contributed by atoms with Gasteiger partial charge in [-0.15, -0.1) is 0 Å². The average molecular weight is 285 g/mol. The van der Waals surface area contributed by atoms with Crippen molar-refractivity contribution in [1.82, 2.24) is 0 Å². The summed E-state index contributed by atoms with van der Waals surface area (Å²) in [7, 11) is -1.84. The van der Waals surface area contributed by atoms with Crippen molar-refractivity contribution in [1.29, 1.82) is 0 Å². The van der Waals surface area contributed by atoms with Gasteiger partial charge in [-0.1, -0.05) is 41.5 Å². The minimum absolute atomic E-state index is 0.190. The molecule has 0 aliphatic heterocycles. The van der Waals surface area contributed by atoms with Gasteiger partial charge in [0, 0.05) is 6.42 Å². The molecule has 0 heterocycles. The SMILES string of the molecule is C[C@H]1CC(C)(C)C[C@]1(CC=O)O[Si](C)(C)C(C)(C)C. The second-order valence-electron chi connectivity index (χ2n) is 8.74. The lowest BCUT2D eigenvalue weighted by Crippen LogP contribution is -2.51. The van der Waals surface area contributed by atoms with E-state index < -0.39 is 8.32 Å². The third-order valence-corrected chi connectivity index (χ3v) is 9.76. The molecule has 19 heavy (non-hydrogen) atoms. The van der Waals surface area contributed by atoms with Crippen molar-refractivity contribution >= 4 is 14.6 Å². The fourth-order valence-electron chi connectivity index (χ4n) is 3.33. The molecule has 0 amide bonds. The van der Waals surface area contributed by atoms with E-state index >= 15 is 0 Å². The zero-order valence-electron chi connectivity index (χ0n) is 14.1. The number of carbonyl (C=O) groups is 1. The van der Waals surface area contributed by atoms with Crippen molar-refractivity contribution in [2.75, 3.05) is 0 Å². The minimum atomic E-state index is -1.84. The van der Waals surface area contributed by atoms with Crippen molar-refractivity contribution in [3.63, 3.8) is 0 Å². The van der Waals surface area contributed by atoms with Gasteiger partial charge >= 0.3 is 0 Å². The van der Waals surface area contributed by atoms with E-state index in [2.05, 4.69) is 54.6 Å². The van der Waals surface area contributed by atoms with Crippen LogP contribution in [0.25, 0.3) is 0 Å². The molecule has 1 fully saturated rings. The van der Waals surface area contributed by atoms with E-state index in [0.29, 0.717) is 12.3 Å². The maximum atomic E-state index is 11.2. The molecule has 0 spiro atoms. The fourth-order valence-corrected chi connectivity index (χ4v) is 5.00. The van der Waals surface area contributed by atoms with E-state index in [1.165, 1.54) is 0 Å². The predicted molar refractivity (Wildman–Crippen MR) is 83.9 cm³/mol. The van der Waals surface area contributed by atoms with Crippen LogP contribution in [0.5, 0.6) is 0 Å². The summed E-state index contributed by atoms with van der Waals surface area (Å²) in [5.41, 5.74) is 0.0546. The van der Waals surface area contributed by atoms with Crippen LogP contribution in [0.1, 0.15) is 60.8 Å². The van der Waals surface area contributed by atoms with Crippen LogP contribution in [0, 0.1) is 11.3 Å². The molecule has 1 rings (SSSR count). The van der Waals surface area contributed by atoms with Gasteiger partial charge in [-0.25, -0.2) is 0 Å². The van der Waals surface area contributed by atoms with Crippen LogP contribution in [0.3, 0.4) is 0 Å². The standard InChI is InChI=1S/C16H32O2Si/c1-13-11-15(5,6)12-16(13,9-10-17)18-19(7,8)14(2,3)4/h10,13H,9,11-12H2,1-8H3/t13-,16-/m0/s1. The molecule has 2 atom stereocenters. The Bertz CT molecular complexity index is 341. The summed E-state index contributed by atoms with van der Waals surface area (Å²) in [6.07, 6.45) is 3.76. The topological polar surface area (TPSA) is 26.3 Å². The van der Waals surface area contributed by atoms with Crippen LogP contribution >= 0.6 is 0 Å². The van der Waals surface area contributed by atoms with Gasteiger partial charge in [0.1, 0.15) is 6.29 Å². The van der Waals surface area contributed by atoms with Crippen LogP contribution in [0.15, 0.2) is 0 Å². The normalized spacial score (nSPS) is 31.5. The van der Waals surface area contributed by atoms with Gasteiger partial charge in [0.05, 0.1) is 5.60 Å². The Labute approximate surface area is 120 Å². The Balaban J connectivity index is 3.06. The van der Waals surface area contributed by atoms with Crippen molar-refractivity contribution in [2.45, 2.75) is 84.5 Å². The summed E-state index contributed by atoms with van der Waals surface area (Å²) < 4.78 is 6.75. The number of carbonyl (C=O) groups excluding carboxylic acids is 1. The van der Waals surface area contributed by atoms with Gasteiger partial charge in [-0.2, -0.15) is 0 Å². The molecule has 1 aliphatic carbocycles. The Morgan fingerprint density at radius 3 is 2.16 bits per heavy atom. The largest absolute Gasteiger partial charge is 0.411 e. The maximum Gasteiger partial charge on any atom is 0.192 e. The van der Waals surface area contributed by atoms with Gasteiger partial charge < -0.3 is 9.22 Å². The lowest BCUT2D eigenvalue weighted by atomic mass is 9.87. The van der Waals surface area contributed by atoms with E-state index in [-0.39, 0.29) is 16.1 Å². The molecular weight excluding hydrogens is 252 g/mol. The molecule has 112 valence electrons. The van der Waals surface area contributed by atoms with Gasteiger partial charge in [0.2, 0.25) is 0 Å². The van der Waals surface area contributed by atoms with Crippen molar-refractivity contribution in [2.24, 2.45) is 11.3 Å². The first kappa shape index (κ1) is 16.9. The number of aldehydes is 1. The summed E-state index contributed by atoms with van der Waals surface area (Å²) in [4.78, 5) is 11.2. The molecule has 0 saturated heterocycles. The molecule has 2 nitrogen and oxygen atoms in total. The van der Waals surface area contributed by atoms with E-state index in [9.17, 15) is 4.79 Å². The average Bonchev–Trinajstić information content (AvgIpc) is 2.33. The molecule has 0 bridgehead atoms. The lowest BCUT2D eigenvalue weighted by Gasteiger charge is -2.46. The Morgan fingerprint density at radius 1 is 1.32 bits per heavy atom. The summed E-state index contributed by atoms with van der Waals surface area (Å²) in [6, 6.07) is 0. The molecule has 0 aromatic rings. The summed E-state index contributed by atoms with van der Waals surface area (Å²) in [6.45, 7) is 18.2. The maximum absolute atomic E-state index is 11.2. The van der Waals surface area contributed by atoms with Crippen molar-refractivity contribution in [3.8, 4) is 0 Å². The van der Waals surface area contributed by atoms with Crippen LogP contribution in [0.2, 0.25) is 18.1 Å². The van der Waals surface area contributed by atoms with Crippen LogP contribution in [-0.4, -0.2) is 20.2 Å². The molecule has 0 N–H and O–H groups in total. The van der Waals surface area contributed by atoms with E-state index in [0.717, 1.165) is 19.1 Å². The van der Waals surface area contributed by atoms with Gasteiger partial charge in [0.15, 0.2) is 8.32 Å². The summed E-state index contributed by atoms with van der Waals surface area (Å²) in [5, 5.41) is 0.190.